The molecule has 2 rings (SSSR count). The van der Waals surface area contributed by atoms with Gasteiger partial charge in [0.1, 0.15) is 9.81 Å². The number of hydrogen-bond donors (Lipinski definition) is 2. The average molecular weight is 369 g/mol. The number of nitrogens with zero attached hydrogens (tertiary/aromatic N) is 1. The van der Waals surface area contributed by atoms with Gasteiger partial charge in [0.25, 0.3) is 10.0 Å². The first-order valence-corrected chi connectivity index (χ1v) is 8.58. The van der Waals surface area contributed by atoms with Gasteiger partial charge in [-0.15, -0.1) is 11.3 Å². The van der Waals surface area contributed by atoms with Crippen LogP contribution in [0.15, 0.2) is 20.1 Å². The highest BCUT2D eigenvalue weighted by Crippen LogP contribution is 2.31. The molecule has 0 aliphatic carbocycles. The van der Waals surface area contributed by atoms with E-state index in [-0.39, 0.29) is 30.1 Å². The molecule has 1 aliphatic heterocycles. The first-order chi connectivity index (χ1) is 8.75. The van der Waals surface area contributed by atoms with E-state index >= 15 is 0 Å². The van der Waals surface area contributed by atoms with Crippen molar-refractivity contribution >= 4 is 43.2 Å². The molecule has 0 radical (unpaired) electrons. The molecule has 1 fully saturated rings. The fraction of sp³-hybridized carbons (Fsp3) is 0.500. The number of thiophene rings is 1. The molecule has 9 heteroatoms. The maximum Gasteiger partial charge on any atom is 0.252 e. The molecule has 2 heterocycles. The third kappa shape index (κ3) is 2.84. The second-order valence-corrected chi connectivity index (χ2v) is 8.99. The maximum absolute atomic E-state index is 12.3. The molecule has 0 bridgehead atoms. The summed E-state index contributed by atoms with van der Waals surface area (Å²) in [6.45, 7) is 0.161. The number of sulfonamides is 1. The summed E-state index contributed by atoms with van der Waals surface area (Å²) in [4.78, 5) is 11.1. The summed E-state index contributed by atoms with van der Waals surface area (Å²) in [5, 5.41) is 9.91. The van der Waals surface area contributed by atoms with Gasteiger partial charge in [0.05, 0.1) is 3.79 Å². The number of amides is 1. The lowest BCUT2D eigenvalue weighted by atomic mass is 9.92. The van der Waals surface area contributed by atoms with Crippen molar-refractivity contribution in [3.05, 3.63) is 15.9 Å². The minimum absolute atomic E-state index is 0.0219. The second-order valence-electron chi connectivity index (χ2n) is 4.36. The smallest absolute Gasteiger partial charge is 0.252 e. The number of carbonyl (C=O) groups excluding carboxylic acids is 1. The second kappa shape index (κ2) is 5.13. The van der Waals surface area contributed by atoms with Crippen LogP contribution in [0.25, 0.3) is 0 Å². The third-order valence-corrected chi connectivity index (χ3v) is 7.14. The summed E-state index contributed by atoms with van der Waals surface area (Å²) in [5.74, 6) is -0.802. The molecule has 0 unspecified atom stereocenters. The molecule has 1 aliphatic rings. The number of nitrogens with two attached hydrogens (primary N) is 1. The summed E-state index contributed by atoms with van der Waals surface area (Å²) in [6.07, 6.45) is 0.0439. The third-order valence-electron chi connectivity index (χ3n) is 3.15. The van der Waals surface area contributed by atoms with Gasteiger partial charge in [0, 0.05) is 13.1 Å². The summed E-state index contributed by atoms with van der Waals surface area (Å²) in [5.41, 5.74) is 3.51. The van der Waals surface area contributed by atoms with Crippen LogP contribution in [0.3, 0.4) is 0 Å². The topological polar surface area (TPSA) is 101 Å². The zero-order valence-electron chi connectivity index (χ0n) is 9.87. The largest absolute Gasteiger partial charge is 0.380 e. The van der Waals surface area contributed by atoms with Gasteiger partial charge in [-0.1, -0.05) is 0 Å². The van der Waals surface area contributed by atoms with E-state index in [2.05, 4.69) is 15.9 Å². The Morgan fingerprint density at radius 2 is 2.00 bits per heavy atom. The average Bonchev–Trinajstić information content (AvgIpc) is 2.77. The first kappa shape index (κ1) is 14.9. The Labute approximate surface area is 123 Å². The Bertz CT molecular complexity index is 590. The standard InChI is InChI=1S/C10H13BrN2O4S2/c11-7-1-2-8(18-7)19(16,17)13-5-3-10(15,4-6-13)9(12)14/h1-2,15H,3-6H2,(H2,12,14). The molecule has 1 saturated heterocycles. The number of carbonyl (C=O) groups is 1. The van der Waals surface area contributed by atoms with Crippen molar-refractivity contribution in [3.8, 4) is 0 Å². The highest BCUT2D eigenvalue weighted by Gasteiger charge is 2.41. The van der Waals surface area contributed by atoms with Crippen LogP contribution < -0.4 is 5.73 Å². The monoisotopic (exact) mass is 368 g/mol. The van der Waals surface area contributed by atoms with E-state index in [1.54, 1.807) is 6.07 Å². The van der Waals surface area contributed by atoms with E-state index in [1.165, 1.54) is 10.4 Å². The van der Waals surface area contributed by atoms with Gasteiger partial charge in [-0.3, -0.25) is 4.79 Å². The van der Waals surface area contributed by atoms with Gasteiger partial charge in [-0.05, 0) is 40.9 Å². The fourth-order valence-corrected chi connectivity index (χ4v) is 5.51. The van der Waals surface area contributed by atoms with Crippen LogP contribution in [0.1, 0.15) is 12.8 Å². The molecule has 0 atom stereocenters. The maximum atomic E-state index is 12.3. The Morgan fingerprint density at radius 1 is 1.42 bits per heavy atom. The Hall–Kier alpha value is -0.480. The Balaban J connectivity index is 2.16. The molecular weight excluding hydrogens is 356 g/mol. The van der Waals surface area contributed by atoms with Crippen LogP contribution in [0, 0.1) is 0 Å². The number of halogens is 1. The van der Waals surface area contributed by atoms with E-state index in [9.17, 15) is 18.3 Å². The quantitative estimate of drug-likeness (QED) is 0.811. The van der Waals surface area contributed by atoms with Gasteiger partial charge in [-0.25, -0.2) is 8.42 Å². The van der Waals surface area contributed by atoms with Crippen molar-refractivity contribution in [3.63, 3.8) is 0 Å². The van der Waals surface area contributed by atoms with Crippen molar-refractivity contribution in [2.45, 2.75) is 22.7 Å². The molecule has 19 heavy (non-hydrogen) atoms. The van der Waals surface area contributed by atoms with E-state index in [4.69, 9.17) is 5.73 Å². The van der Waals surface area contributed by atoms with Gasteiger partial charge in [0.15, 0.2) is 0 Å². The highest BCUT2D eigenvalue weighted by molar-refractivity contribution is 9.11. The number of piperidine rings is 1. The van der Waals surface area contributed by atoms with Gasteiger partial charge in [0.2, 0.25) is 5.91 Å². The fourth-order valence-electron chi connectivity index (χ4n) is 1.91. The van der Waals surface area contributed by atoms with Crippen molar-refractivity contribution in [1.82, 2.24) is 4.31 Å². The van der Waals surface area contributed by atoms with Crippen LogP contribution in [0.2, 0.25) is 0 Å². The van der Waals surface area contributed by atoms with Crippen LogP contribution in [0.4, 0.5) is 0 Å². The van der Waals surface area contributed by atoms with E-state index < -0.39 is 21.5 Å². The molecule has 1 aromatic heterocycles. The van der Waals surface area contributed by atoms with Crippen molar-refractivity contribution in [1.29, 1.82) is 0 Å². The minimum Gasteiger partial charge on any atom is -0.380 e. The van der Waals surface area contributed by atoms with Gasteiger partial charge in [-0.2, -0.15) is 4.31 Å². The van der Waals surface area contributed by atoms with Crippen molar-refractivity contribution < 1.29 is 18.3 Å². The molecular formula is C10H13BrN2O4S2. The van der Waals surface area contributed by atoms with E-state index in [1.807, 2.05) is 0 Å². The predicted octanol–water partition coefficient (Wildman–Crippen LogP) is 0.512. The molecule has 0 saturated carbocycles. The van der Waals surface area contributed by atoms with Gasteiger partial charge >= 0.3 is 0 Å². The molecule has 3 N–H and O–H groups in total. The molecule has 106 valence electrons. The van der Waals surface area contributed by atoms with Crippen LogP contribution in [0.5, 0.6) is 0 Å². The first-order valence-electron chi connectivity index (χ1n) is 5.53. The van der Waals surface area contributed by atoms with Crippen LogP contribution in [-0.2, 0) is 14.8 Å². The lowest BCUT2D eigenvalue weighted by Crippen LogP contribution is -2.53. The molecule has 0 spiro atoms. The number of hydrogen-bond acceptors (Lipinski definition) is 5. The Kier molecular flexibility index (Phi) is 4.03. The lowest BCUT2D eigenvalue weighted by Gasteiger charge is -2.34. The molecule has 0 aromatic carbocycles. The normalized spacial score (nSPS) is 20.3. The number of primary amides is 1. The SMILES string of the molecule is NC(=O)C1(O)CCN(S(=O)(=O)c2ccc(Br)s2)CC1. The lowest BCUT2D eigenvalue weighted by molar-refractivity contribution is -0.139. The summed E-state index contributed by atoms with van der Waals surface area (Å²) in [6, 6.07) is 3.19. The van der Waals surface area contributed by atoms with E-state index in [0.29, 0.717) is 0 Å². The van der Waals surface area contributed by atoms with Crippen molar-refractivity contribution in [2.24, 2.45) is 5.73 Å². The van der Waals surface area contributed by atoms with E-state index in [0.717, 1.165) is 15.1 Å². The summed E-state index contributed by atoms with van der Waals surface area (Å²) in [7, 11) is -3.56. The van der Waals surface area contributed by atoms with Crippen molar-refractivity contribution in [2.75, 3.05) is 13.1 Å². The summed E-state index contributed by atoms with van der Waals surface area (Å²) < 4.78 is 26.8. The summed E-state index contributed by atoms with van der Waals surface area (Å²) >= 11 is 4.35. The molecule has 6 nitrogen and oxygen atoms in total. The zero-order valence-corrected chi connectivity index (χ0v) is 13.1. The number of aliphatic hydroxyl groups is 1. The minimum atomic E-state index is -3.56. The Morgan fingerprint density at radius 3 is 2.42 bits per heavy atom. The highest BCUT2D eigenvalue weighted by atomic mass is 79.9. The molecule has 1 aromatic rings. The van der Waals surface area contributed by atoms with Crippen LogP contribution >= 0.6 is 27.3 Å². The predicted molar refractivity (Wildman–Crippen MR) is 74.2 cm³/mol. The van der Waals surface area contributed by atoms with Gasteiger partial charge < -0.3 is 10.8 Å². The number of rotatable bonds is 3. The van der Waals surface area contributed by atoms with Crippen LogP contribution in [-0.4, -0.2) is 42.4 Å². The molecule has 1 amide bonds. The zero-order chi connectivity index (χ0) is 14.3.